The number of nitrogens with two attached hydrogens (primary N) is 1. The summed E-state index contributed by atoms with van der Waals surface area (Å²) in [4.78, 5) is 12.8. The van der Waals surface area contributed by atoms with E-state index in [1.165, 1.54) is 19.3 Å². The van der Waals surface area contributed by atoms with Crippen molar-refractivity contribution in [3.63, 3.8) is 0 Å². The minimum absolute atomic E-state index is 0.240. The Morgan fingerprint density at radius 1 is 1.71 bits per heavy atom. The first-order valence-electron chi connectivity index (χ1n) is 4.81. The third-order valence-electron chi connectivity index (χ3n) is 2.68. The molecule has 0 saturated heterocycles. The maximum atomic E-state index is 10.8. The number of carbonyl (C=O) groups excluding carboxylic acids is 1. The van der Waals surface area contributed by atoms with Crippen LogP contribution >= 0.6 is 21.0 Å². The summed E-state index contributed by atoms with van der Waals surface area (Å²) < 4.78 is 4.33. The second-order valence-electron chi connectivity index (χ2n) is 3.71. The van der Waals surface area contributed by atoms with Crippen LogP contribution < -0.4 is 5.73 Å². The average molecular weight is 312 g/mol. The van der Waals surface area contributed by atoms with Crippen LogP contribution in [0.1, 0.15) is 25.7 Å². The Bertz CT molecular complexity index is 229. The van der Waals surface area contributed by atoms with Gasteiger partial charge in [0.2, 0.25) is 5.91 Å². The molecule has 0 radical (unpaired) electrons. The molecule has 0 aromatic carbocycles. The summed E-state index contributed by atoms with van der Waals surface area (Å²) in [6, 6.07) is -0.240. The van der Waals surface area contributed by atoms with Crippen LogP contribution in [-0.2, 0) is 4.79 Å². The van der Waals surface area contributed by atoms with E-state index in [0.29, 0.717) is 5.92 Å². The SMILES string of the molecule is CI=NC(CC1CCC1)C(O)C(N)=O. The number of halogens is 1. The van der Waals surface area contributed by atoms with Crippen molar-refractivity contribution in [3.8, 4) is 0 Å². The average Bonchev–Trinajstić information content (AvgIpc) is 2.07. The van der Waals surface area contributed by atoms with Crippen LogP contribution in [0.4, 0.5) is 0 Å². The standard InChI is InChI=1S/C9H17IN2O2/c1-10-12-7(8(13)9(11)14)5-6-3-2-4-6/h6-8,13H,2-5H2,1H3,(H2,11,14). The molecule has 1 saturated carbocycles. The van der Waals surface area contributed by atoms with Gasteiger partial charge < -0.3 is 10.8 Å². The summed E-state index contributed by atoms with van der Waals surface area (Å²) in [7, 11) is 0. The predicted molar refractivity (Wildman–Crippen MR) is 63.3 cm³/mol. The first-order valence-corrected chi connectivity index (χ1v) is 7.93. The highest BCUT2D eigenvalue weighted by molar-refractivity contribution is 14.2. The molecule has 1 rings (SSSR count). The van der Waals surface area contributed by atoms with Crippen molar-refractivity contribution in [2.75, 3.05) is 4.93 Å². The first-order chi connectivity index (χ1) is 6.65. The Morgan fingerprint density at radius 3 is 2.71 bits per heavy atom. The van der Waals surface area contributed by atoms with Crippen LogP contribution in [0, 0.1) is 5.92 Å². The second-order valence-corrected chi connectivity index (χ2v) is 5.24. The van der Waals surface area contributed by atoms with Crippen LogP contribution in [0.15, 0.2) is 3.15 Å². The number of primary amides is 1. The molecule has 5 heteroatoms. The van der Waals surface area contributed by atoms with Crippen molar-refractivity contribution in [3.05, 3.63) is 0 Å². The normalized spacial score (nSPS) is 22.4. The number of aliphatic hydroxyl groups excluding tert-OH is 1. The van der Waals surface area contributed by atoms with E-state index in [2.05, 4.69) is 3.15 Å². The molecule has 14 heavy (non-hydrogen) atoms. The number of rotatable bonds is 5. The van der Waals surface area contributed by atoms with Gasteiger partial charge in [-0.15, -0.1) is 0 Å². The van der Waals surface area contributed by atoms with Crippen molar-refractivity contribution in [1.82, 2.24) is 0 Å². The highest BCUT2D eigenvalue weighted by Gasteiger charge is 2.28. The van der Waals surface area contributed by atoms with E-state index in [1.807, 2.05) is 4.93 Å². The zero-order valence-corrected chi connectivity index (χ0v) is 10.5. The molecule has 3 N–H and O–H groups in total. The molecule has 2 unspecified atom stereocenters. The summed E-state index contributed by atoms with van der Waals surface area (Å²) >= 11 is -0.248. The van der Waals surface area contributed by atoms with Gasteiger partial charge in [0.25, 0.3) is 0 Å². The number of alkyl halides is 1. The quantitative estimate of drug-likeness (QED) is 0.591. The number of hydrogen-bond donors (Lipinski definition) is 2. The lowest BCUT2D eigenvalue weighted by Gasteiger charge is -2.28. The van der Waals surface area contributed by atoms with Crippen molar-refractivity contribution < 1.29 is 9.90 Å². The van der Waals surface area contributed by atoms with E-state index in [0.717, 1.165) is 6.42 Å². The van der Waals surface area contributed by atoms with Gasteiger partial charge in [-0.3, -0.25) is 7.94 Å². The topological polar surface area (TPSA) is 75.7 Å². The maximum absolute atomic E-state index is 10.8. The van der Waals surface area contributed by atoms with E-state index in [-0.39, 0.29) is 27.1 Å². The predicted octanol–water partition coefficient (Wildman–Crippen LogP) is 1.18. The van der Waals surface area contributed by atoms with E-state index in [4.69, 9.17) is 5.73 Å². The van der Waals surface area contributed by atoms with Gasteiger partial charge >= 0.3 is 0 Å². The fraction of sp³-hybridized carbons (Fsp3) is 0.889. The minimum Gasteiger partial charge on any atom is -0.381 e. The molecular formula is C9H17IN2O2. The van der Waals surface area contributed by atoms with E-state index >= 15 is 0 Å². The van der Waals surface area contributed by atoms with Gasteiger partial charge in [0.1, 0.15) is 0 Å². The molecule has 0 aliphatic heterocycles. The summed E-state index contributed by atoms with van der Waals surface area (Å²) in [6.45, 7) is 0. The molecule has 1 aliphatic rings. The van der Waals surface area contributed by atoms with Gasteiger partial charge in [0, 0.05) is 0 Å². The smallest absolute Gasteiger partial charge is 0.248 e. The molecular weight excluding hydrogens is 295 g/mol. The highest BCUT2D eigenvalue weighted by atomic mass is 127. The molecule has 0 aromatic heterocycles. The molecule has 4 nitrogen and oxygen atoms in total. The zero-order chi connectivity index (χ0) is 10.6. The molecule has 0 aromatic rings. The minimum atomic E-state index is -1.07. The third-order valence-corrected chi connectivity index (χ3v) is 3.95. The monoisotopic (exact) mass is 312 g/mol. The van der Waals surface area contributed by atoms with Gasteiger partial charge in [0.05, 0.1) is 6.04 Å². The lowest BCUT2D eigenvalue weighted by molar-refractivity contribution is -0.127. The van der Waals surface area contributed by atoms with Crippen molar-refractivity contribution >= 4 is 26.9 Å². The van der Waals surface area contributed by atoms with Crippen molar-refractivity contribution in [2.24, 2.45) is 14.8 Å². The molecule has 2 atom stereocenters. The fourth-order valence-corrected chi connectivity index (χ4v) is 2.85. The number of nitrogens with zero attached hydrogens (tertiary/aromatic N) is 1. The molecule has 0 spiro atoms. The molecule has 0 bridgehead atoms. The van der Waals surface area contributed by atoms with E-state index in [9.17, 15) is 9.90 Å². The molecule has 1 fully saturated rings. The van der Waals surface area contributed by atoms with Crippen LogP contribution in [0.3, 0.4) is 0 Å². The van der Waals surface area contributed by atoms with Gasteiger partial charge in [0.15, 0.2) is 6.10 Å². The van der Waals surface area contributed by atoms with Gasteiger partial charge in [-0.25, -0.2) is 0 Å². The van der Waals surface area contributed by atoms with Crippen molar-refractivity contribution in [1.29, 1.82) is 0 Å². The summed E-state index contributed by atoms with van der Waals surface area (Å²) in [6.07, 6.45) is 3.44. The number of aliphatic hydroxyl groups is 1. The fourth-order valence-electron chi connectivity index (χ4n) is 1.61. The third kappa shape index (κ3) is 3.27. The number of carbonyl (C=O) groups is 1. The van der Waals surface area contributed by atoms with Crippen molar-refractivity contribution in [2.45, 2.75) is 37.8 Å². The Hall–Kier alpha value is -0.0400. The molecule has 1 amide bonds. The summed E-state index contributed by atoms with van der Waals surface area (Å²) in [5, 5.41) is 9.54. The largest absolute Gasteiger partial charge is 0.381 e. The Labute approximate surface area is 94.4 Å². The molecule has 0 heterocycles. The highest BCUT2D eigenvalue weighted by Crippen LogP contribution is 2.32. The first kappa shape index (κ1) is 12.0. The lowest BCUT2D eigenvalue weighted by Crippen LogP contribution is -2.39. The number of amides is 1. The Morgan fingerprint density at radius 2 is 2.36 bits per heavy atom. The van der Waals surface area contributed by atoms with Crippen LogP contribution in [0.25, 0.3) is 0 Å². The zero-order valence-electron chi connectivity index (χ0n) is 8.32. The maximum Gasteiger partial charge on any atom is 0.248 e. The lowest BCUT2D eigenvalue weighted by atomic mass is 9.80. The van der Waals surface area contributed by atoms with E-state index in [1.54, 1.807) is 0 Å². The summed E-state index contributed by atoms with van der Waals surface area (Å²) in [5.74, 6) is 0.00356. The van der Waals surface area contributed by atoms with Crippen LogP contribution in [0.5, 0.6) is 0 Å². The van der Waals surface area contributed by atoms with E-state index < -0.39 is 12.0 Å². The molecule has 1 aliphatic carbocycles. The van der Waals surface area contributed by atoms with Gasteiger partial charge in [-0.05, 0) is 38.3 Å². The van der Waals surface area contributed by atoms with Crippen LogP contribution in [0.2, 0.25) is 0 Å². The Balaban J connectivity index is 2.48. The second kappa shape index (κ2) is 5.75. The van der Waals surface area contributed by atoms with Crippen LogP contribution in [-0.4, -0.2) is 28.1 Å². The molecule has 82 valence electrons. The van der Waals surface area contributed by atoms with Gasteiger partial charge in [-0.1, -0.05) is 19.3 Å². The Kier molecular flexibility index (Phi) is 4.94. The number of hydrogen-bond acceptors (Lipinski definition) is 3. The summed E-state index contributed by atoms with van der Waals surface area (Å²) in [5.41, 5.74) is 5.07. The van der Waals surface area contributed by atoms with Gasteiger partial charge in [-0.2, -0.15) is 0 Å².